The lowest BCUT2D eigenvalue weighted by molar-refractivity contribution is -0.139. The predicted molar refractivity (Wildman–Crippen MR) is 82.4 cm³/mol. The van der Waals surface area contributed by atoms with Gasteiger partial charge >= 0.3 is 6.18 Å². The molecule has 0 radical (unpaired) electrons. The number of hydrogen-bond donors (Lipinski definition) is 1. The van der Waals surface area contributed by atoms with Gasteiger partial charge in [0.05, 0.1) is 17.0 Å². The van der Waals surface area contributed by atoms with Gasteiger partial charge in [-0.05, 0) is 24.8 Å². The first kappa shape index (κ1) is 17.0. The van der Waals surface area contributed by atoms with E-state index in [1.54, 1.807) is 13.8 Å². The molecule has 0 spiro atoms. The molecule has 0 aliphatic carbocycles. The summed E-state index contributed by atoms with van der Waals surface area (Å²) < 4.78 is 37.4. The third-order valence-electron chi connectivity index (χ3n) is 3.04. The highest BCUT2D eigenvalue weighted by Gasteiger charge is 2.32. The molecule has 0 fully saturated rings. The van der Waals surface area contributed by atoms with E-state index in [-0.39, 0.29) is 6.42 Å². The number of hydrogen-bond acceptors (Lipinski definition) is 4. The Kier molecular flexibility index (Phi) is 5.23. The van der Waals surface area contributed by atoms with Crippen molar-refractivity contribution in [1.29, 1.82) is 0 Å². The fourth-order valence-corrected chi connectivity index (χ4v) is 3.71. The summed E-state index contributed by atoms with van der Waals surface area (Å²) in [6.07, 6.45) is -5.09. The van der Waals surface area contributed by atoms with Gasteiger partial charge in [0, 0.05) is 6.04 Å². The summed E-state index contributed by atoms with van der Waals surface area (Å²) in [5.41, 5.74) is 0.535. The zero-order chi connectivity index (χ0) is 16.3. The number of carbonyl (C=O) groups excluding carboxylic acids is 1. The normalized spacial score (nSPS) is 13.1. The summed E-state index contributed by atoms with van der Waals surface area (Å²) in [6, 6.07) is 2.86. The van der Waals surface area contributed by atoms with Crippen LogP contribution in [0.1, 0.15) is 35.1 Å². The fourth-order valence-electron chi connectivity index (χ4n) is 1.94. The first-order valence-electron chi connectivity index (χ1n) is 6.69. The standard InChI is InChI=1S/C14H15F3N2OS2/c1-3-9(7-14(15,16)17)19-12(20)11-8(2)18-13(22-11)10-5-4-6-21-10/h4-6,9H,3,7H2,1-2H3,(H,19,20). The Hall–Kier alpha value is -1.41. The number of alkyl halides is 3. The molecule has 0 saturated heterocycles. The molecule has 1 unspecified atom stereocenters. The molecular weight excluding hydrogens is 333 g/mol. The molecule has 22 heavy (non-hydrogen) atoms. The van der Waals surface area contributed by atoms with Crippen molar-refractivity contribution in [2.75, 3.05) is 0 Å². The van der Waals surface area contributed by atoms with Crippen molar-refractivity contribution in [2.45, 2.75) is 38.9 Å². The summed E-state index contributed by atoms with van der Waals surface area (Å²) in [5.74, 6) is -0.492. The number of nitrogens with one attached hydrogen (secondary N) is 1. The van der Waals surface area contributed by atoms with E-state index in [9.17, 15) is 18.0 Å². The smallest absolute Gasteiger partial charge is 0.348 e. The topological polar surface area (TPSA) is 42.0 Å². The maximum absolute atomic E-state index is 12.5. The van der Waals surface area contributed by atoms with E-state index in [1.807, 2.05) is 17.5 Å². The number of aryl methyl sites for hydroxylation is 1. The Morgan fingerprint density at radius 3 is 2.73 bits per heavy atom. The van der Waals surface area contributed by atoms with Crippen LogP contribution < -0.4 is 5.32 Å². The first-order chi connectivity index (χ1) is 10.3. The molecule has 0 bridgehead atoms. The summed E-state index contributed by atoms with van der Waals surface area (Å²) in [5, 5.41) is 5.07. The highest BCUT2D eigenvalue weighted by molar-refractivity contribution is 7.22. The van der Waals surface area contributed by atoms with Crippen LogP contribution in [0.5, 0.6) is 0 Å². The number of halogens is 3. The third kappa shape index (κ3) is 4.30. The van der Waals surface area contributed by atoms with Gasteiger partial charge in [0.2, 0.25) is 0 Å². The van der Waals surface area contributed by atoms with Gasteiger partial charge in [0.15, 0.2) is 0 Å². The highest BCUT2D eigenvalue weighted by atomic mass is 32.1. The minimum Gasteiger partial charge on any atom is -0.348 e. The minimum atomic E-state index is -4.29. The molecule has 1 atom stereocenters. The van der Waals surface area contributed by atoms with Gasteiger partial charge in [-0.1, -0.05) is 13.0 Å². The van der Waals surface area contributed by atoms with E-state index in [0.29, 0.717) is 15.6 Å². The zero-order valence-corrected chi connectivity index (χ0v) is 13.7. The second-order valence-electron chi connectivity index (χ2n) is 4.81. The summed E-state index contributed by atoms with van der Waals surface area (Å²) >= 11 is 2.71. The zero-order valence-electron chi connectivity index (χ0n) is 12.0. The van der Waals surface area contributed by atoms with Crippen molar-refractivity contribution >= 4 is 28.6 Å². The Morgan fingerprint density at radius 2 is 2.18 bits per heavy atom. The van der Waals surface area contributed by atoms with Crippen LogP contribution in [0.25, 0.3) is 9.88 Å². The summed E-state index contributed by atoms with van der Waals surface area (Å²) in [7, 11) is 0. The van der Waals surface area contributed by atoms with E-state index < -0.39 is 24.5 Å². The number of nitrogens with zero attached hydrogens (tertiary/aromatic N) is 1. The van der Waals surface area contributed by atoms with Crippen LogP contribution in [0.2, 0.25) is 0 Å². The molecule has 1 amide bonds. The van der Waals surface area contributed by atoms with Crippen LogP contribution in [0.15, 0.2) is 17.5 Å². The Bertz CT molecular complexity index is 635. The van der Waals surface area contributed by atoms with Crippen molar-refractivity contribution in [3.05, 3.63) is 28.1 Å². The van der Waals surface area contributed by atoms with Crippen molar-refractivity contribution in [3.63, 3.8) is 0 Å². The number of thiophene rings is 1. The summed E-state index contributed by atoms with van der Waals surface area (Å²) in [4.78, 5) is 17.8. The van der Waals surface area contributed by atoms with Crippen LogP contribution in [0, 0.1) is 6.92 Å². The van der Waals surface area contributed by atoms with Gasteiger partial charge in [-0.3, -0.25) is 4.79 Å². The van der Waals surface area contributed by atoms with Crippen LogP contribution in [-0.2, 0) is 0 Å². The lowest BCUT2D eigenvalue weighted by atomic mass is 10.1. The maximum Gasteiger partial charge on any atom is 0.391 e. The van der Waals surface area contributed by atoms with Crippen LogP contribution >= 0.6 is 22.7 Å². The average molecular weight is 348 g/mol. The molecule has 0 aliphatic rings. The molecule has 0 aliphatic heterocycles. The minimum absolute atomic E-state index is 0.223. The molecule has 1 N–H and O–H groups in total. The second-order valence-corrected chi connectivity index (χ2v) is 6.76. The van der Waals surface area contributed by atoms with E-state index in [4.69, 9.17) is 0 Å². The average Bonchev–Trinajstić information content (AvgIpc) is 3.04. The fraction of sp³-hybridized carbons (Fsp3) is 0.429. The molecule has 0 saturated carbocycles. The van der Waals surface area contributed by atoms with Crippen LogP contribution in [0.3, 0.4) is 0 Å². The van der Waals surface area contributed by atoms with Gasteiger partial charge in [-0.15, -0.1) is 22.7 Å². The van der Waals surface area contributed by atoms with Crippen LogP contribution in [-0.4, -0.2) is 23.1 Å². The van der Waals surface area contributed by atoms with Crippen molar-refractivity contribution < 1.29 is 18.0 Å². The molecule has 2 aromatic heterocycles. The van der Waals surface area contributed by atoms with Gasteiger partial charge in [0.1, 0.15) is 9.88 Å². The third-order valence-corrected chi connectivity index (χ3v) is 5.24. The lowest BCUT2D eigenvalue weighted by Crippen LogP contribution is -2.37. The lowest BCUT2D eigenvalue weighted by Gasteiger charge is -2.18. The van der Waals surface area contributed by atoms with E-state index in [0.717, 1.165) is 4.88 Å². The molecule has 120 valence electrons. The van der Waals surface area contributed by atoms with Crippen molar-refractivity contribution in [3.8, 4) is 9.88 Å². The first-order valence-corrected chi connectivity index (χ1v) is 8.38. The maximum atomic E-state index is 12.5. The molecule has 2 aromatic rings. The van der Waals surface area contributed by atoms with Crippen molar-refractivity contribution in [1.82, 2.24) is 10.3 Å². The Balaban J connectivity index is 2.12. The Labute approximate surface area is 134 Å². The van der Waals surface area contributed by atoms with Gasteiger partial charge < -0.3 is 5.32 Å². The number of thiazole rings is 1. The molecule has 8 heteroatoms. The summed E-state index contributed by atoms with van der Waals surface area (Å²) in [6.45, 7) is 3.31. The molecule has 2 heterocycles. The SMILES string of the molecule is CCC(CC(F)(F)F)NC(=O)c1sc(-c2cccs2)nc1C. The van der Waals surface area contributed by atoms with Crippen molar-refractivity contribution in [2.24, 2.45) is 0 Å². The number of amides is 1. The highest BCUT2D eigenvalue weighted by Crippen LogP contribution is 2.31. The molecular formula is C14H15F3N2OS2. The molecule has 3 nitrogen and oxygen atoms in total. The van der Waals surface area contributed by atoms with Gasteiger partial charge in [-0.25, -0.2) is 4.98 Å². The quantitative estimate of drug-likeness (QED) is 0.855. The van der Waals surface area contributed by atoms with Gasteiger partial charge in [-0.2, -0.15) is 13.2 Å². The van der Waals surface area contributed by atoms with E-state index >= 15 is 0 Å². The number of carbonyl (C=O) groups is 1. The van der Waals surface area contributed by atoms with Gasteiger partial charge in [0.25, 0.3) is 5.91 Å². The molecule has 2 rings (SSSR count). The number of rotatable bonds is 5. The molecule has 0 aromatic carbocycles. The largest absolute Gasteiger partial charge is 0.391 e. The van der Waals surface area contributed by atoms with Crippen LogP contribution in [0.4, 0.5) is 13.2 Å². The van der Waals surface area contributed by atoms with E-state index in [2.05, 4.69) is 10.3 Å². The van der Waals surface area contributed by atoms with E-state index in [1.165, 1.54) is 22.7 Å². The monoisotopic (exact) mass is 348 g/mol. The second kappa shape index (κ2) is 6.78. The Morgan fingerprint density at radius 1 is 1.45 bits per heavy atom. The predicted octanol–water partition coefficient (Wildman–Crippen LogP) is 4.64. The number of aromatic nitrogens is 1.